The summed E-state index contributed by atoms with van der Waals surface area (Å²) >= 11 is 0. The molecule has 3 atom stereocenters. The third-order valence-corrected chi connectivity index (χ3v) is 7.16. The molecular weight excluding hydrogens is 494 g/mol. The number of aliphatic imine (C=N–C) groups is 1. The largest absolute Gasteiger partial charge is 0.498 e. The van der Waals surface area contributed by atoms with E-state index < -0.39 is 0 Å². The molecule has 1 N–H and O–H groups in total. The quantitative estimate of drug-likeness (QED) is 0.413. The Morgan fingerprint density at radius 2 is 1.87 bits per heavy atom. The highest BCUT2D eigenvalue weighted by Gasteiger charge is 2.33. The Morgan fingerprint density at radius 3 is 2.62 bits per heavy atom. The monoisotopic (exact) mass is 521 g/mol. The summed E-state index contributed by atoms with van der Waals surface area (Å²) in [5.74, 6) is 1.10. The van der Waals surface area contributed by atoms with Gasteiger partial charge < -0.3 is 14.6 Å². The smallest absolute Gasteiger partial charge is 0.280 e. The minimum atomic E-state index is -0.342. The van der Waals surface area contributed by atoms with E-state index >= 15 is 0 Å². The fourth-order valence-electron chi connectivity index (χ4n) is 5.27. The summed E-state index contributed by atoms with van der Waals surface area (Å²) in [5.41, 5.74) is 3.63. The number of hydrogen-bond donors (Lipinski definition) is 1. The van der Waals surface area contributed by atoms with Crippen molar-refractivity contribution in [1.29, 1.82) is 0 Å². The molecule has 39 heavy (non-hydrogen) atoms. The highest BCUT2D eigenvalue weighted by Crippen LogP contribution is 2.36. The average Bonchev–Trinajstić information content (AvgIpc) is 3.00. The zero-order valence-corrected chi connectivity index (χ0v) is 21.6. The normalized spacial score (nSPS) is 20.6. The zero-order valence-electron chi connectivity index (χ0n) is 21.6. The Morgan fingerprint density at radius 1 is 1.03 bits per heavy atom. The van der Waals surface area contributed by atoms with E-state index in [9.17, 15) is 9.90 Å². The number of aromatic nitrogens is 4. The molecule has 4 aromatic rings. The molecule has 1 aliphatic carbocycles. The van der Waals surface area contributed by atoms with Gasteiger partial charge in [0.25, 0.3) is 5.56 Å². The lowest BCUT2D eigenvalue weighted by atomic mass is 9.79. The lowest BCUT2D eigenvalue weighted by Crippen LogP contribution is -2.32. The van der Waals surface area contributed by atoms with Crippen LogP contribution in [0.5, 0.6) is 0 Å². The molecule has 0 saturated heterocycles. The summed E-state index contributed by atoms with van der Waals surface area (Å²) in [6, 6.07) is 14.5. The maximum Gasteiger partial charge on any atom is 0.280 e. The van der Waals surface area contributed by atoms with Crippen molar-refractivity contribution in [3.8, 4) is 17.1 Å². The second kappa shape index (κ2) is 10.4. The fourth-order valence-corrected chi connectivity index (χ4v) is 5.27. The lowest BCUT2D eigenvalue weighted by molar-refractivity contribution is 0.105. The standard InChI is InChI=1S/C30H27N5O4/c1-38-25-13-20-12-21(17-36)33-28(24(20)15-26(25)39-2)18-9-11-32-27(14-18)35-30(37)23-8-4-3-7-22(23)29(34-35)19-6-5-10-31-16-19/h3-11,13-16,20-21,26,36H,12,17H2,1-2H3/t20?,21-,26?/m0/s1. The van der Waals surface area contributed by atoms with Gasteiger partial charge in [-0.25, -0.2) is 4.98 Å². The Hall–Kier alpha value is -4.47. The molecule has 4 heterocycles. The van der Waals surface area contributed by atoms with Crippen LogP contribution in [0.15, 0.2) is 100 Å². The van der Waals surface area contributed by atoms with Crippen LogP contribution in [0.2, 0.25) is 0 Å². The summed E-state index contributed by atoms with van der Waals surface area (Å²) in [4.78, 5) is 27.2. The Labute approximate surface area is 224 Å². The van der Waals surface area contributed by atoms with Crippen molar-refractivity contribution < 1.29 is 14.6 Å². The van der Waals surface area contributed by atoms with Gasteiger partial charge in [0, 0.05) is 48.1 Å². The fraction of sp³-hybridized carbons (Fsp3) is 0.233. The summed E-state index contributed by atoms with van der Waals surface area (Å²) in [6.45, 7) is -0.0742. The van der Waals surface area contributed by atoms with Crippen LogP contribution in [0.3, 0.4) is 0 Å². The zero-order chi connectivity index (χ0) is 26.9. The van der Waals surface area contributed by atoms with E-state index in [1.165, 1.54) is 4.68 Å². The van der Waals surface area contributed by atoms with E-state index in [4.69, 9.17) is 19.6 Å². The molecule has 9 heteroatoms. The highest BCUT2D eigenvalue weighted by molar-refractivity contribution is 6.14. The molecule has 0 radical (unpaired) electrons. The summed E-state index contributed by atoms with van der Waals surface area (Å²) in [5, 5.41) is 16.0. The average molecular weight is 522 g/mol. The van der Waals surface area contributed by atoms with Crippen LogP contribution in [0, 0.1) is 5.92 Å². The van der Waals surface area contributed by atoms with E-state index in [2.05, 4.69) is 9.97 Å². The van der Waals surface area contributed by atoms with Gasteiger partial charge in [-0.1, -0.05) is 18.2 Å². The maximum atomic E-state index is 13.6. The van der Waals surface area contributed by atoms with Crippen molar-refractivity contribution in [2.24, 2.45) is 10.9 Å². The summed E-state index contributed by atoms with van der Waals surface area (Å²) in [6.07, 6.45) is 9.44. The van der Waals surface area contributed by atoms with E-state index in [0.717, 1.165) is 33.6 Å². The number of benzene rings is 1. The number of rotatable bonds is 6. The highest BCUT2D eigenvalue weighted by atomic mass is 16.5. The van der Waals surface area contributed by atoms with Crippen LogP contribution in [-0.4, -0.2) is 63.5 Å². The van der Waals surface area contributed by atoms with Crippen molar-refractivity contribution in [2.75, 3.05) is 20.8 Å². The molecule has 196 valence electrons. The molecule has 2 unspecified atom stereocenters. The van der Waals surface area contributed by atoms with Gasteiger partial charge in [0.15, 0.2) is 5.82 Å². The van der Waals surface area contributed by atoms with Crippen LogP contribution >= 0.6 is 0 Å². The van der Waals surface area contributed by atoms with Gasteiger partial charge in [0.1, 0.15) is 17.6 Å². The van der Waals surface area contributed by atoms with Gasteiger partial charge in [-0.15, -0.1) is 0 Å². The molecule has 0 spiro atoms. The number of pyridine rings is 2. The molecule has 0 fully saturated rings. The van der Waals surface area contributed by atoms with Crippen LogP contribution < -0.4 is 5.56 Å². The minimum absolute atomic E-state index is 0.00585. The Bertz CT molecular complexity index is 1690. The number of fused-ring (bicyclic) bond motifs is 2. The second-order valence-corrected chi connectivity index (χ2v) is 9.46. The molecule has 6 rings (SSSR count). The molecule has 0 amide bonds. The van der Waals surface area contributed by atoms with Crippen LogP contribution in [0.1, 0.15) is 12.0 Å². The van der Waals surface area contributed by atoms with E-state index in [1.54, 1.807) is 38.9 Å². The van der Waals surface area contributed by atoms with Crippen LogP contribution in [0.25, 0.3) is 27.8 Å². The van der Waals surface area contributed by atoms with Crippen molar-refractivity contribution in [1.82, 2.24) is 19.7 Å². The SMILES string of the molecule is COC1=CC2C[C@@H](CO)N=C(c3ccnc(-n4nc(-c5cccnc5)c5ccccc5c4=O)c3)C2=CC1OC. The third-order valence-electron chi connectivity index (χ3n) is 7.16. The second-order valence-electron chi connectivity index (χ2n) is 9.46. The number of hydrogen-bond acceptors (Lipinski definition) is 8. The maximum absolute atomic E-state index is 13.6. The molecule has 2 aliphatic rings. The molecule has 9 nitrogen and oxygen atoms in total. The van der Waals surface area contributed by atoms with Crippen LogP contribution in [-0.2, 0) is 9.47 Å². The number of aliphatic hydroxyl groups excluding tert-OH is 1. The van der Waals surface area contributed by atoms with E-state index in [1.807, 2.05) is 54.6 Å². The predicted molar refractivity (Wildman–Crippen MR) is 148 cm³/mol. The van der Waals surface area contributed by atoms with Crippen LogP contribution in [0.4, 0.5) is 0 Å². The van der Waals surface area contributed by atoms with E-state index in [0.29, 0.717) is 23.3 Å². The van der Waals surface area contributed by atoms with E-state index in [-0.39, 0.29) is 30.2 Å². The van der Waals surface area contributed by atoms with Gasteiger partial charge in [-0.2, -0.15) is 9.78 Å². The van der Waals surface area contributed by atoms with Crippen molar-refractivity contribution in [3.63, 3.8) is 0 Å². The predicted octanol–water partition coefficient (Wildman–Crippen LogP) is 3.50. The number of methoxy groups -OCH3 is 2. The number of nitrogens with zero attached hydrogens (tertiary/aromatic N) is 5. The van der Waals surface area contributed by atoms with Gasteiger partial charge in [0.2, 0.25) is 0 Å². The Kier molecular flexibility index (Phi) is 6.60. The molecule has 0 saturated carbocycles. The molecule has 0 bridgehead atoms. The van der Waals surface area contributed by atoms with Gasteiger partial charge in [0.05, 0.1) is 30.9 Å². The first-order valence-electron chi connectivity index (χ1n) is 12.7. The molecular formula is C30H27N5O4. The van der Waals surface area contributed by atoms with Crippen molar-refractivity contribution >= 4 is 16.5 Å². The first kappa shape index (κ1) is 24.8. The third kappa shape index (κ3) is 4.45. The molecule has 1 aliphatic heterocycles. The minimum Gasteiger partial charge on any atom is -0.498 e. The number of aliphatic hydroxyl groups is 1. The van der Waals surface area contributed by atoms with Gasteiger partial charge >= 0.3 is 0 Å². The van der Waals surface area contributed by atoms with Gasteiger partial charge in [-0.05, 0) is 54.5 Å². The summed E-state index contributed by atoms with van der Waals surface area (Å²) in [7, 11) is 3.26. The first-order valence-corrected chi connectivity index (χ1v) is 12.7. The lowest BCUT2D eigenvalue weighted by Gasteiger charge is -2.33. The number of ether oxygens (including phenoxy) is 2. The molecule has 1 aromatic carbocycles. The molecule has 3 aromatic heterocycles. The first-order chi connectivity index (χ1) is 19.1. The Balaban J connectivity index is 1.50. The number of allylic oxidation sites excluding steroid dienone is 2. The van der Waals surface area contributed by atoms with Crippen molar-refractivity contribution in [3.05, 3.63) is 107 Å². The topological polar surface area (TPSA) is 112 Å². The summed E-state index contributed by atoms with van der Waals surface area (Å²) < 4.78 is 12.5. The van der Waals surface area contributed by atoms with Gasteiger partial charge in [-0.3, -0.25) is 14.8 Å². The van der Waals surface area contributed by atoms with Crippen molar-refractivity contribution in [2.45, 2.75) is 18.6 Å².